The number of hydrogen-bond acceptors (Lipinski definition) is 4. The summed E-state index contributed by atoms with van der Waals surface area (Å²) in [6, 6.07) is 0.555. The van der Waals surface area contributed by atoms with Gasteiger partial charge < -0.3 is 10.6 Å². The van der Waals surface area contributed by atoms with E-state index in [1.807, 2.05) is 13.8 Å². The van der Waals surface area contributed by atoms with Crippen LogP contribution in [0.25, 0.3) is 0 Å². The van der Waals surface area contributed by atoms with Gasteiger partial charge in [0.15, 0.2) is 5.82 Å². The van der Waals surface area contributed by atoms with Crippen molar-refractivity contribution >= 4 is 11.7 Å². The van der Waals surface area contributed by atoms with Crippen LogP contribution >= 0.6 is 0 Å². The number of nitrogens with zero attached hydrogens (tertiary/aromatic N) is 3. The number of rotatable bonds is 5. The minimum absolute atomic E-state index is 0.0854. The first-order valence-electron chi connectivity index (χ1n) is 6.51. The summed E-state index contributed by atoms with van der Waals surface area (Å²) in [5, 5.41) is 16.3. The topological polar surface area (TPSA) is 78.9 Å². The molecule has 1 aliphatic rings. The monoisotopic (exact) mass is 247 g/mol. The van der Waals surface area contributed by atoms with Gasteiger partial charge in [-0.1, -0.05) is 6.92 Å². The molecule has 5 heteroatoms. The van der Waals surface area contributed by atoms with Crippen LogP contribution in [0, 0.1) is 19.3 Å². The molecule has 0 bridgehead atoms. The summed E-state index contributed by atoms with van der Waals surface area (Å²) in [5.74, 6) is 0.872. The fourth-order valence-electron chi connectivity index (χ4n) is 2.21. The summed E-state index contributed by atoms with van der Waals surface area (Å²) >= 11 is 0. The molecule has 98 valence electrons. The molecular formula is C13H21N5. The third kappa shape index (κ3) is 2.30. The van der Waals surface area contributed by atoms with Crippen LogP contribution < -0.4 is 10.6 Å². The van der Waals surface area contributed by atoms with Crippen LogP contribution in [0.15, 0.2) is 0 Å². The van der Waals surface area contributed by atoms with Crippen LogP contribution in [-0.4, -0.2) is 28.6 Å². The molecule has 1 aromatic rings. The maximum absolute atomic E-state index is 7.78. The lowest BCUT2D eigenvalue weighted by atomic mass is 10.1. The molecule has 0 spiro atoms. The summed E-state index contributed by atoms with van der Waals surface area (Å²) in [7, 11) is 0. The lowest BCUT2D eigenvalue weighted by molar-refractivity contribution is 0.735. The largest absolute Gasteiger partial charge is 0.384 e. The van der Waals surface area contributed by atoms with Crippen molar-refractivity contribution in [3.05, 3.63) is 16.8 Å². The van der Waals surface area contributed by atoms with Crippen LogP contribution in [-0.2, 0) is 0 Å². The number of anilines is 1. The Balaban J connectivity index is 2.47. The number of aryl methyl sites for hydroxylation is 1. The number of nitrogens with two attached hydrogens (primary N) is 1. The first kappa shape index (κ1) is 12.8. The molecule has 1 heterocycles. The van der Waals surface area contributed by atoms with Crippen LogP contribution in [0.2, 0.25) is 0 Å². The molecule has 0 saturated heterocycles. The highest BCUT2D eigenvalue weighted by atomic mass is 15.3. The van der Waals surface area contributed by atoms with E-state index in [1.54, 1.807) is 0 Å². The summed E-state index contributed by atoms with van der Waals surface area (Å²) in [5.41, 5.74) is 8.29. The number of nitrogen functional groups attached to an aromatic ring is 1. The van der Waals surface area contributed by atoms with E-state index in [4.69, 9.17) is 11.1 Å². The lowest BCUT2D eigenvalue weighted by Gasteiger charge is -2.25. The summed E-state index contributed by atoms with van der Waals surface area (Å²) < 4.78 is 0. The van der Waals surface area contributed by atoms with Gasteiger partial charge in [0.1, 0.15) is 5.84 Å². The lowest BCUT2D eigenvalue weighted by Crippen LogP contribution is -2.31. The van der Waals surface area contributed by atoms with Crippen molar-refractivity contribution in [2.75, 3.05) is 11.4 Å². The molecule has 5 nitrogen and oxygen atoms in total. The molecule has 0 aromatic carbocycles. The van der Waals surface area contributed by atoms with Crippen LogP contribution in [0.3, 0.4) is 0 Å². The molecule has 1 saturated carbocycles. The number of aromatic nitrogens is 2. The van der Waals surface area contributed by atoms with Gasteiger partial charge in [-0.3, -0.25) is 5.41 Å². The molecule has 1 fully saturated rings. The molecule has 1 aromatic heterocycles. The SMILES string of the molecule is CCCN(c1nnc(C)c(C)c1C(=N)N)C1CC1. The average molecular weight is 247 g/mol. The normalized spacial score (nSPS) is 14.6. The van der Waals surface area contributed by atoms with E-state index in [9.17, 15) is 0 Å². The number of hydrogen-bond donors (Lipinski definition) is 2. The maximum Gasteiger partial charge on any atom is 0.162 e. The van der Waals surface area contributed by atoms with Crippen LogP contribution in [0.1, 0.15) is 43.0 Å². The second kappa shape index (κ2) is 4.92. The van der Waals surface area contributed by atoms with Gasteiger partial charge in [-0.2, -0.15) is 5.10 Å². The zero-order valence-electron chi connectivity index (χ0n) is 11.3. The minimum atomic E-state index is 0.0854. The highest BCUT2D eigenvalue weighted by Crippen LogP contribution is 2.33. The van der Waals surface area contributed by atoms with Crippen molar-refractivity contribution in [3.63, 3.8) is 0 Å². The molecule has 3 N–H and O–H groups in total. The fraction of sp³-hybridized carbons (Fsp3) is 0.615. The van der Waals surface area contributed by atoms with E-state index >= 15 is 0 Å². The van der Waals surface area contributed by atoms with Gasteiger partial charge >= 0.3 is 0 Å². The van der Waals surface area contributed by atoms with Crippen molar-refractivity contribution in [3.8, 4) is 0 Å². The van der Waals surface area contributed by atoms with E-state index in [0.29, 0.717) is 6.04 Å². The first-order chi connectivity index (χ1) is 8.56. The van der Waals surface area contributed by atoms with Crippen molar-refractivity contribution in [1.29, 1.82) is 5.41 Å². The molecular weight excluding hydrogens is 226 g/mol. The Labute approximate surface area is 108 Å². The predicted molar refractivity (Wildman–Crippen MR) is 73.2 cm³/mol. The Bertz CT molecular complexity index is 465. The Morgan fingerprint density at radius 2 is 2.06 bits per heavy atom. The van der Waals surface area contributed by atoms with Gasteiger partial charge in [0.05, 0.1) is 11.3 Å². The van der Waals surface area contributed by atoms with E-state index < -0.39 is 0 Å². The molecule has 0 amide bonds. The zero-order valence-corrected chi connectivity index (χ0v) is 11.3. The highest BCUT2D eigenvalue weighted by Gasteiger charge is 2.32. The molecule has 1 aliphatic carbocycles. The number of nitrogens with one attached hydrogen (secondary N) is 1. The van der Waals surface area contributed by atoms with Gasteiger partial charge in [0.2, 0.25) is 0 Å². The Morgan fingerprint density at radius 3 is 2.56 bits per heavy atom. The maximum atomic E-state index is 7.78. The Hall–Kier alpha value is -1.65. The second-order valence-corrected chi connectivity index (χ2v) is 4.95. The van der Waals surface area contributed by atoms with Crippen molar-refractivity contribution < 1.29 is 0 Å². The summed E-state index contributed by atoms with van der Waals surface area (Å²) in [6.45, 7) is 6.96. The molecule has 0 atom stereocenters. The molecule has 18 heavy (non-hydrogen) atoms. The molecule has 2 rings (SSSR count). The van der Waals surface area contributed by atoms with Gasteiger partial charge in [0.25, 0.3) is 0 Å². The van der Waals surface area contributed by atoms with Gasteiger partial charge in [-0.15, -0.1) is 5.10 Å². The van der Waals surface area contributed by atoms with E-state index in [0.717, 1.165) is 35.6 Å². The average Bonchev–Trinajstić information content (AvgIpc) is 3.13. The number of amidine groups is 1. The summed E-state index contributed by atoms with van der Waals surface area (Å²) in [4.78, 5) is 2.26. The summed E-state index contributed by atoms with van der Waals surface area (Å²) in [6.07, 6.45) is 3.46. The Kier molecular flexibility index (Phi) is 3.50. The molecule has 0 aliphatic heterocycles. The van der Waals surface area contributed by atoms with Gasteiger partial charge in [-0.05, 0) is 38.7 Å². The van der Waals surface area contributed by atoms with Gasteiger partial charge in [-0.25, -0.2) is 0 Å². The second-order valence-electron chi connectivity index (χ2n) is 4.95. The minimum Gasteiger partial charge on any atom is -0.384 e. The quantitative estimate of drug-likeness (QED) is 0.614. The van der Waals surface area contributed by atoms with Crippen molar-refractivity contribution in [2.45, 2.75) is 46.1 Å². The van der Waals surface area contributed by atoms with E-state index in [1.165, 1.54) is 12.8 Å². The van der Waals surface area contributed by atoms with E-state index in [2.05, 4.69) is 22.0 Å². The van der Waals surface area contributed by atoms with Crippen molar-refractivity contribution in [1.82, 2.24) is 10.2 Å². The van der Waals surface area contributed by atoms with Crippen molar-refractivity contribution in [2.24, 2.45) is 5.73 Å². The van der Waals surface area contributed by atoms with Crippen LogP contribution in [0.5, 0.6) is 0 Å². The third-order valence-corrected chi connectivity index (χ3v) is 3.43. The molecule has 0 unspecified atom stereocenters. The Morgan fingerprint density at radius 1 is 1.39 bits per heavy atom. The standard InChI is InChI=1S/C13H21N5/c1-4-7-18(10-5-6-10)13-11(12(14)15)8(2)9(3)16-17-13/h10H,4-7H2,1-3H3,(H3,14,15). The van der Waals surface area contributed by atoms with Gasteiger partial charge in [0, 0.05) is 12.6 Å². The fourth-order valence-corrected chi connectivity index (χ4v) is 2.21. The smallest absolute Gasteiger partial charge is 0.162 e. The van der Waals surface area contributed by atoms with E-state index in [-0.39, 0.29) is 5.84 Å². The third-order valence-electron chi connectivity index (χ3n) is 3.43. The predicted octanol–water partition coefficient (Wildman–Crippen LogP) is 1.76. The molecule has 0 radical (unpaired) electrons. The van der Waals surface area contributed by atoms with Crippen LogP contribution in [0.4, 0.5) is 5.82 Å². The zero-order chi connectivity index (χ0) is 13.3. The highest BCUT2D eigenvalue weighted by molar-refractivity contribution is 6.01. The first-order valence-corrected chi connectivity index (χ1v) is 6.51.